The van der Waals surface area contributed by atoms with Gasteiger partial charge in [0.05, 0.1) is 0 Å². The van der Waals surface area contributed by atoms with Gasteiger partial charge in [-0.05, 0) is 31.2 Å². The molecule has 3 aromatic rings. The first-order valence-electron chi connectivity index (χ1n) is 6.35. The normalized spacial score (nSPS) is 11.8. The molecule has 23 heavy (non-hydrogen) atoms. The van der Waals surface area contributed by atoms with Crippen LogP contribution >= 0.6 is 0 Å². The number of hydrogen-bond acceptors (Lipinski definition) is 5. The summed E-state index contributed by atoms with van der Waals surface area (Å²) in [5.41, 5.74) is 5.96. The van der Waals surface area contributed by atoms with Gasteiger partial charge in [-0.25, -0.2) is 4.98 Å². The Morgan fingerprint density at radius 3 is 2.48 bits per heavy atom. The van der Waals surface area contributed by atoms with Crippen LogP contribution in [0.2, 0.25) is 0 Å². The molecule has 0 aliphatic rings. The van der Waals surface area contributed by atoms with E-state index in [0.29, 0.717) is 11.5 Å². The van der Waals surface area contributed by atoms with E-state index < -0.39 is 11.9 Å². The van der Waals surface area contributed by atoms with Crippen LogP contribution < -0.4 is 16.0 Å². The average Bonchev–Trinajstić information content (AvgIpc) is 2.74. The number of rotatable bonds is 2. The lowest BCUT2D eigenvalue weighted by Crippen LogP contribution is -2.17. The van der Waals surface area contributed by atoms with Crippen molar-refractivity contribution in [2.75, 3.05) is 5.73 Å². The van der Waals surface area contributed by atoms with Crippen LogP contribution in [0.15, 0.2) is 29.1 Å². The largest absolute Gasteiger partial charge is 0.573 e. The van der Waals surface area contributed by atoms with Gasteiger partial charge in [-0.1, -0.05) is 0 Å². The van der Waals surface area contributed by atoms with Gasteiger partial charge in [-0.15, -0.1) is 13.2 Å². The van der Waals surface area contributed by atoms with Gasteiger partial charge in [0.15, 0.2) is 11.2 Å². The van der Waals surface area contributed by atoms with Crippen molar-refractivity contribution < 1.29 is 17.9 Å². The molecule has 0 saturated carbocycles. The van der Waals surface area contributed by atoms with Crippen molar-refractivity contribution in [1.29, 1.82) is 0 Å². The molecule has 7 nitrogen and oxygen atoms in total. The Kier molecular flexibility index (Phi) is 3.24. The van der Waals surface area contributed by atoms with Gasteiger partial charge < -0.3 is 15.5 Å². The van der Waals surface area contributed by atoms with E-state index in [-0.39, 0.29) is 22.9 Å². The fraction of sp³-hybridized carbons (Fsp3) is 0.154. The van der Waals surface area contributed by atoms with Crippen molar-refractivity contribution >= 4 is 17.1 Å². The molecular formula is C13H10F3N5O2. The van der Waals surface area contributed by atoms with E-state index in [0.717, 1.165) is 12.1 Å². The molecule has 0 aliphatic carbocycles. The number of aryl methyl sites for hydroxylation is 1. The third-order valence-electron chi connectivity index (χ3n) is 3.00. The summed E-state index contributed by atoms with van der Waals surface area (Å²) < 4.78 is 41.6. The number of hydrogen-bond donors (Lipinski definition) is 2. The molecule has 120 valence electrons. The van der Waals surface area contributed by atoms with Crippen LogP contribution in [0.25, 0.3) is 16.9 Å². The number of nitrogens with two attached hydrogens (primary N) is 1. The van der Waals surface area contributed by atoms with Crippen molar-refractivity contribution in [3.63, 3.8) is 0 Å². The molecule has 2 heterocycles. The number of alkyl halides is 3. The first-order valence-corrected chi connectivity index (χ1v) is 6.35. The quantitative estimate of drug-likeness (QED) is 0.750. The van der Waals surface area contributed by atoms with Crippen LogP contribution in [0.3, 0.4) is 0 Å². The molecule has 1 aromatic carbocycles. The fourth-order valence-electron chi connectivity index (χ4n) is 2.18. The SMILES string of the molecule is Cc1nc2nc(N)n(-c3ccc(OC(F)(F)F)cc3)c2c(=O)[nH]1. The summed E-state index contributed by atoms with van der Waals surface area (Å²) in [7, 11) is 0. The minimum Gasteiger partial charge on any atom is -0.406 e. The maximum absolute atomic E-state index is 12.2. The molecule has 10 heteroatoms. The van der Waals surface area contributed by atoms with Crippen LogP contribution in [0, 0.1) is 6.92 Å². The van der Waals surface area contributed by atoms with Crippen molar-refractivity contribution in [3.05, 3.63) is 40.4 Å². The minimum atomic E-state index is -4.78. The number of halogens is 3. The van der Waals surface area contributed by atoms with Gasteiger partial charge in [0.25, 0.3) is 5.56 Å². The third-order valence-corrected chi connectivity index (χ3v) is 3.00. The Labute approximate surface area is 126 Å². The number of nitrogens with one attached hydrogen (secondary N) is 1. The molecule has 0 aliphatic heterocycles. The van der Waals surface area contributed by atoms with Gasteiger partial charge in [0.1, 0.15) is 11.6 Å². The lowest BCUT2D eigenvalue weighted by Gasteiger charge is -2.10. The molecule has 0 fully saturated rings. The van der Waals surface area contributed by atoms with Crippen LogP contribution in [0.1, 0.15) is 5.82 Å². The Bertz CT molecular complexity index is 928. The second-order valence-electron chi connectivity index (χ2n) is 4.67. The summed E-state index contributed by atoms with van der Waals surface area (Å²) in [6.45, 7) is 1.60. The Morgan fingerprint density at radius 1 is 1.22 bits per heavy atom. The summed E-state index contributed by atoms with van der Waals surface area (Å²) in [4.78, 5) is 22.7. The van der Waals surface area contributed by atoms with Crippen molar-refractivity contribution in [3.8, 4) is 11.4 Å². The first-order chi connectivity index (χ1) is 10.7. The number of aromatic amines is 1. The van der Waals surface area contributed by atoms with E-state index in [9.17, 15) is 18.0 Å². The summed E-state index contributed by atoms with van der Waals surface area (Å²) in [5.74, 6) is -0.0127. The predicted octanol–water partition coefficient (Wildman–Crippen LogP) is 1.90. The zero-order valence-electron chi connectivity index (χ0n) is 11.7. The van der Waals surface area contributed by atoms with Crippen LogP contribution in [-0.2, 0) is 0 Å². The van der Waals surface area contributed by atoms with E-state index in [2.05, 4.69) is 19.7 Å². The maximum Gasteiger partial charge on any atom is 0.573 e. The molecule has 3 rings (SSSR count). The van der Waals surface area contributed by atoms with Crippen molar-refractivity contribution in [2.45, 2.75) is 13.3 Å². The van der Waals surface area contributed by atoms with Crippen LogP contribution in [0.4, 0.5) is 19.1 Å². The first kappa shape index (κ1) is 14.9. The summed E-state index contributed by atoms with van der Waals surface area (Å²) >= 11 is 0. The molecule has 2 aromatic heterocycles. The van der Waals surface area contributed by atoms with Gasteiger partial charge in [0, 0.05) is 5.69 Å². The number of anilines is 1. The number of aromatic nitrogens is 4. The van der Waals surface area contributed by atoms with Gasteiger partial charge in [-0.3, -0.25) is 9.36 Å². The summed E-state index contributed by atoms with van der Waals surface area (Å²) in [6, 6.07) is 4.89. The van der Waals surface area contributed by atoms with Crippen molar-refractivity contribution in [1.82, 2.24) is 19.5 Å². The number of imidazole rings is 1. The molecule has 0 radical (unpaired) electrons. The lowest BCUT2D eigenvalue weighted by molar-refractivity contribution is -0.274. The topological polar surface area (TPSA) is 98.8 Å². The molecule has 0 atom stereocenters. The second-order valence-corrected chi connectivity index (χ2v) is 4.67. The highest BCUT2D eigenvalue weighted by molar-refractivity contribution is 5.76. The molecule has 0 bridgehead atoms. The zero-order valence-corrected chi connectivity index (χ0v) is 11.7. The zero-order chi connectivity index (χ0) is 16.8. The Morgan fingerprint density at radius 2 is 1.87 bits per heavy atom. The third kappa shape index (κ3) is 2.82. The molecule has 0 saturated heterocycles. The smallest absolute Gasteiger partial charge is 0.406 e. The van der Waals surface area contributed by atoms with Gasteiger partial charge >= 0.3 is 6.36 Å². The highest BCUT2D eigenvalue weighted by Crippen LogP contribution is 2.25. The van der Waals surface area contributed by atoms with E-state index in [1.165, 1.54) is 16.7 Å². The molecule has 3 N–H and O–H groups in total. The minimum absolute atomic E-state index is 0.00640. The lowest BCUT2D eigenvalue weighted by atomic mass is 10.3. The maximum atomic E-state index is 12.2. The number of nitrogens with zero attached hydrogens (tertiary/aromatic N) is 3. The number of fused-ring (bicyclic) bond motifs is 1. The Balaban J connectivity index is 2.10. The fourth-order valence-corrected chi connectivity index (χ4v) is 2.18. The number of benzene rings is 1. The highest BCUT2D eigenvalue weighted by atomic mass is 19.4. The number of nitrogen functional groups attached to an aromatic ring is 1. The predicted molar refractivity (Wildman–Crippen MR) is 75.3 cm³/mol. The molecule has 0 amide bonds. The van der Waals surface area contributed by atoms with E-state index in [1.807, 2.05) is 0 Å². The van der Waals surface area contributed by atoms with Gasteiger partial charge in [-0.2, -0.15) is 4.98 Å². The molecular weight excluding hydrogens is 315 g/mol. The van der Waals surface area contributed by atoms with Crippen LogP contribution in [0.5, 0.6) is 5.75 Å². The number of ether oxygens (including phenoxy) is 1. The molecule has 0 unspecified atom stereocenters. The van der Waals surface area contributed by atoms with Crippen LogP contribution in [-0.4, -0.2) is 25.9 Å². The van der Waals surface area contributed by atoms with Gasteiger partial charge in [0.2, 0.25) is 5.95 Å². The summed E-state index contributed by atoms with van der Waals surface area (Å²) in [6.07, 6.45) is -4.78. The van der Waals surface area contributed by atoms with Crippen molar-refractivity contribution in [2.24, 2.45) is 0 Å². The number of H-pyrrole nitrogens is 1. The van der Waals surface area contributed by atoms with E-state index in [1.54, 1.807) is 6.92 Å². The standard InChI is InChI=1S/C13H10F3N5O2/c1-6-18-10-9(11(22)19-6)21(12(17)20-10)7-2-4-8(5-3-7)23-13(14,15)16/h2-5H,1H3,(H3,17,18,19,20,22). The van der Waals surface area contributed by atoms with E-state index >= 15 is 0 Å². The average molecular weight is 325 g/mol. The monoisotopic (exact) mass is 325 g/mol. The second kappa shape index (κ2) is 5.00. The highest BCUT2D eigenvalue weighted by Gasteiger charge is 2.31. The summed E-state index contributed by atoms with van der Waals surface area (Å²) in [5, 5.41) is 0. The Hall–Kier alpha value is -3.04. The van der Waals surface area contributed by atoms with E-state index in [4.69, 9.17) is 5.73 Å². The molecule has 0 spiro atoms.